The van der Waals surface area contributed by atoms with Crippen molar-refractivity contribution in [1.82, 2.24) is 15.1 Å². The highest BCUT2D eigenvalue weighted by atomic mass is 19.1. The Morgan fingerprint density at radius 3 is 2.22 bits per heavy atom. The van der Waals surface area contributed by atoms with E-state index in [0.717, 1.165) is 31.2 Å². The number of hydrogen-bond donors (Lipinski definition) is 1. The minimum Gasteiger partial charge on any atom is -0.352 e. The summed E-state index contributed by atoms with van der Waals surface area (Å²) >= 11 is 0. The van der Waals surface area contributed by atoms with E-state index in [9.17, 15) is 14.0 Å². The molecular formula is C21H30FN3O2. The number of carbonyl (C=O) groups excluding carboxylic acids is 2. The normalized spacial score (nSPS) is 19.7. The Morgan fingerprint density at radius 2 is 1.70 bits per heavy atom. The summed E-state index contributed by atoms with van der Waals surface area (Å²) in [6, 6.07) is 6.23. The standard InChI is InChI=1S/C21H30FN3O2/c1-14(2)24(3)21(27)16-10-12-25(13-11-16)19(20(26)23-18-8-9-18)15-4-6-17(22)7-5-15/h4-7,14,16,18-19H,8-13H2,1-3H3,(H,23,26). The lowest BCUT2D eigenvalue weighted by molar-refractivity contribution is -0.137. The topological polar surface area (TPSA) is 52.7 Å². The average Bonchev–Trinajstić information content (AvgIpc) is 3.46. The van der Waals surface area contributed by atoms with Crippen LogP contribution in [0, 0.1) is 11.7 Å². The second-order valence-electron chi connectivity index (χ2n) is 8.09. The Morgan fingerprint density at radius 1 is 1.11 bits per heavy atom. The van der Waals surface area contributed by atoms with Crippen molar-refractivity contribution in [3.05, 3.63) is 35.6 Å². The van der Waals surface area contributed by atoms with Gasteiger partial charge in [0.2, 0.25) is 11.8 Å². The van der Waals surface area contributed by atoms with Gasteiger partial charge >= 0.3 is 0 Å². The molecule has 0 spiro atoms. The fourth-order valence-electron chi connectivity index (χ4n) is 3.63. The predicted molar refractivity (Wildman–Crippen MR) is 103 cm³/mol. The van der Waals surface area contributed by atoms with Gasteiger partial charge in [0.05, 0.1) is 0 Å². The first-order chi connectivity index (χ1) is 12.9. The summed E-state index contributed by atoms with van der Waals surface area (Å²) in [6.07, 6.45) is 3.54. The number of nitrogens with zero attached hydrogens (tertiary/aromatic N) is 2. The van der Waals surface area contributed by atoms with Crippen molar-refractivity contribution in [3.63, 3.8) is 0 Å². The molecule has 1 N–H and O–H groups in total. The summed E-state index contributed by atoms with van der Waals surface area (Å²) in [6.45, 7) is 5.39. The second kappa shape index (κ2) is 8.38. The van der Waals surface area contributed by atoms with Gasteiger partial charge in [0.15, 0.2) is 0 Å². The van der Waals surface area contributed by atoms with E-state index in [1.165, 1.54) is 12.1 Å². The maximum atomic E-state index is 13.3. The van der Waals surface area contributed by atoms with Crippen molar-refractivity contribution in [1.29, 1.82) is 0 Å². The van der Waals surface area contributed by atoms with Gasteiger partial charge in [-0.05, 0) is 70.3 Å². The summed E-state index contributed by atoms with van der Waals surface area (Å²) in [5, 5.41) is 3.08. The molecule has 1 aliphatic carbocycles. The molecule has 1 unspecified atom stereocenters. The number of benzene rings is 1. The third kappa shape index (κ3) is 4.86. The minimum atomic E-state index is -0.426. The van der Waals surface area contributed by atoms with E-state index in [1.807, 2.05) is 20.9 Å². The molecule has 2 fully saturated rings. The molecule has 1 atom stereocenters. The molecule has 1 saturated carbocycles. The zero-order valence-electron chi connectivity index (χ0n) is 16.5. The zero-order chi connectivity index (χ0) is 19.6. The molecule has 148 valence electrons. The zero-order valence-corrected chi connectivity index (χ0v) is 16.5. The van der Waals surface area contributed by atoms with Crippen LogP contribution in [0.1, 0.15) is 51.1 Å². The lowest BCUT2D eigenvalue weighted by Gasteiger charge is -2.38. The number of nitrogens with one attached hydrogen (secondary N) is 1. The Hall–Kier alpha value is -1.95. The van der Waals surface area contributed by atoms with Crippen LogP contribution in [0.3, 0.4) is 0 Å². The molecule has 0 radical (unpaired) electrons. The van der Waals surface area contributed by atoms with E-state index in [0.29, 0.717) is 13.1 Å². The largest absolute Gasteiger partial charge is 0.352 e. The predicted octanol–water partition coefficient (Wildman–Crippen LogP) is 2.72. The second-order valence-corrected chi connectivity index (χ2v) is 8.09. The van der Waals surface area contributed by atoms with E-state index in [-0.39, 0.29) is 35.6 Å². The van der Waals surface area contributed by atoms with Gasteiger partial charge in [-0.2, -0.15) is 0 Å². The van der Waals surface area contributed by atoms with Crippen LogP contribution in [0.25, 0.3) is 0 Å². The molecule has 3 rings (SSSR count). The SMILES string of the molecule is CC(C)N(C)C(=O)C1CCN(C(C(=O)NC2CC2)c2ccc(F)cc2)CC1. The van der Waals surface area contributed by atoms with Crippen molar-refractivity contribution < 1.29 is 14.0 Å². The van der Waals surface area contributed by atoms with Crippen molar-refractivity contribution in [2.45, 2.75) is 57.7 Å². The highest BCUT2D eigenvalue weighted by molar-refractivity contribution is 5.84. The summed E-state index contributed by atoms with van der Waals surface area (Å²) < 4.78 is 13.3. The van der Waals surface area contributed by atoms with Crippen molar-refractivity contribution >= 4 is 11.8 Å². The monoisotopic (exact) mass is 375 g/mol. The van der Waals surface area contributed by atoms with Gasteiger partial charge in [-0.15, -0.1) is 0 Å². The maximum absolute atomic E-state index is 13.3. The van der Waals surface area contributed by atoms with E-state index < -0.39 is 6.04 Å². The third-order valence-electron chi connectivity index (χ3n) is 5.72. The molecule has 6 heteroatoms. The molecule has 1 aromatic rings. The van der Waals surface area contributed by atoms with Gasteiger partial charge in [0.1, 0.15) is 11.9 Å². The van der Waals surface area contributed by atoms with Gasteiger partial charge in [-0.1, -0.05) is 12.1 Å². The molecular weight excluding hydrogens is 345 g/mol. The average molecular weight is 375 g/mol. The number of piperidine rings is 1. The van der Waals surface area contributed by atoms with Crippen LogP contribution in [0.2, 0.25) is 0 Å². The molecule has 2 aliphatic rings. The number of carbonyl (C=O) groups is 2. The van der Waals surface area contributed by atoms with Gasteiger partial charge < -0.3 is 10.2 Å². The van der Waals surface area contributed by atoms with Crippen LogP contribution in [0.4, 0.5) is 4.39 Å². The Bertz CT molecular complexity index is 665. The van der Waals surface area contributed by atoms with Crippen LogP contribution in [0.15, 0.2) is 24.3 Å². The maximum Gasteiger partial charge on any atom is 0.242 e. The first-order valence-corrected chi connectivity index (χ1v) is 9.93. The van der Waals surface area contributed by atoms with Crippen molar-refractivity contribution in [3.8, 4) is 0 Å². The molecule has 0 aromatic heterocycles. The number of halogens is 1. The Balaban J connectivity index is 1.69. The highest BCUT2D eigenvalue weighted by Crippen LogP contribution is 2.30. The van der Waals surface area contributed by atoms with Crippen LogP contribution in [-0.4, -0.2) is 53.8 Å². The molecule has 1 heterocycles. The molecule has 2 amide bonds. The van der Waals surface area contributed by atoms with Gasteiger partial charge in [0, 0.05) is 25.0 Å². The third-order valence-corrected chi connectivity index (χ3v) is 5.72. The molecule has 5 nitrogen and oxygen atoms in total. The van der Waals surface area contributed by atoms with Gasteiger partial charge in [-0.3, -0.25) is 14.5 Å². The smallest absolute Gasteiger partial charge is 0.242 e. The number of hydrogen-bond acceptors (Lipinski definition) is 3. The summed E-state index contributed by atoms with van der Waals surface area (Å²) in [5.74, 6) is -0.131. The molecule has 27 heavy (non-hydrogen) atoms. The van der Waals surface area contributed by atoms with Crippen molar-refractivity contribution in [2.24, 2.45) is 5.92 Å². The van der Waals surface area contributed by atoms with E-state index in [1.54, 1.807) is 17.0 Å². The highest BCUT2D eigenvalue weighted by Gasteiger charge is 2.36. The van der Waals surface area contributed by atoms with Crippen molar-refractivity contribution in [2.75, 3.05) is 20.1 Å². The lowest BCUT2D eigenvalue weighted by atomic mass is 9.92. The van der Waals surface area contributed by atoms with Crippen LogP contribution >= 0.6 is 0 Å². The molecule has 1 aliphatic heterocycles. The fourth-order valence-corrected chi connectivity index (χ4v) is 3.63. The van der Waals surface area contributed by atoms with E-state index in [4.69, 9.17) is 0 Å². The Labute approximate surface area is 160 Å². The summed E-state index contributed by atoms with van der Waals surface area (Å²) in [4.78, 5) is 29.4. The molecule has 0 bridgehead atoms. The molecule has 1 saturated heterocycles. The van der Waals surface area contributed by atoms with Gasteiger partial charge in [-0.25, -0.2) is 4.39 Å². The number of rotatable bonds is 6. The first-order valence-electron chi connectivity index (χ1n) is 9.93. The molecule has 1 aromatic carbocycles. The van der Waals surface area contributed by atoms with Crippen LogP contribution < -0.4 is 5.32 Å². The number of amides is 2. The summed E-state index contributed by atoms with van der Waals surface area (Å²) in [7, 11) is 1.85. The van der Waals surface area contributed by atoms with E-state index >= 15 is 0 Å². The first kappa shape index (κ1) is 19.8. The lowest BCUT2D eigenvalue weighted by Crippen LogP contribution is -2.47. The quantitative estimate of drug-likeness (QED) is 0.832. The number of likely N-dealkylation sites (tertiary alicyclic amines) is 1. The van der Waals surface area contributed by atoms with Gasteiger partial charge in [0.25, 0.3) is 0 Å². The van der Waals surface area contributed by atoms with Crippen LogP contribution in [-0.2, 0) is 9.59 Å². The Kier molecular flexibility index (Phi) is 6.15. The minimum absolute atomic E-state index is 0.00834. The fraction of sp³-hybridized carbons (Fsp3) is 0.619. The van der Waals surface area contributed by atoms with E-state index in [2.05, 4.69) is 10.2 Å². The summed E-state index contributed by atoms with van der Waals surface area (Å²) in [5.41, 5.74) is 0.804. The van der Waals surface area contributed by atoms with Crippen LogP contribution in [0.5, 0.6) is 0 Å².